The topological polar surface area (TPSA) is 47.0 Å². The number of hydrogen-bond donors (Lipinski definition) is 1. The Hall–Kier alpha value is -1.69. The Morgan fingerprint density at radius 1 is 1.29 bits per heavy atom. The van der Waals surface area contributed by atoms with Gasteiger partial charge in [-0.05, 0) is 37.0 Å². The molecular formula is C23H35N3O2. The lowest BCUT2D eigenvalue weighted by Gasteiger charge is -2.38. The van der Waals surface area contributed by atoms with E-state index in [1.54, 1.807) is 0 Å². The minimum absolute atomic E-state index is 0.121. The normalized spacial score (nSPS) is 25.0. The van der Waals surface area contributed by atoms with Crippen molar-refractivity contribution in [2.45, 2.75) is 38.8 Å². The van der Waals surface area contributed by atoms with Gasteiger partial charge in [0.1, 0.15) is 0 Å². The molecule has 28 heavy (non-hydrogen) atoms. The molecule has 1 aliphatic carbocycles. The van der Waals surface area contributed by atoms with Crippen molar-refractivity contribution in [3.05, 3.63) is 47.6 Å². The zero-order chi connectivity index (χ0) is 20.3. The number of aliphatic hydroxyl groups is 1. The van der Waals surface area contributed by atoms with E-state index in [1.807, 2.05) is 17.1 Å². The van der Waals surface area contributed by atoms with Crippen LogP contribution in [0, 0.1) is 5.92 Å². The lowest BCUT2D eigenvalue weighted by Crippen LogP contribution is -2.48. The van der Waals surface area contributed by atoms with Gasteiger partial charge in [-0.2, -0.15) is 0 Å². The van der Waals surface area contributed by atoms with Gasteiger partial charge in [0.25, 0.3) is 5.91 Å². The van der Waals surface area contributed by atoms with Gasteiger partial charge >= 0.3 is 0 Å². The molecule has 0 aromatic heterocycles. The second-order valence-corrected chi connectivity index (χ2v) is 8.71. The van der Waals surface area contributed by atoms with E-state index in [4.69, 9.17) is 0 Å². The van der Waals surface area contributed by atoms with E-state index < -0.39 is 6.10 Å². The fourth-order valence-electron chi connectivity index (χ4n) is 4.13. The summed E-state index contributed by atoms with van der Waals surface area (Å²) in [5.41, 5.74) is 2.93. The van der Waals surface area contributed by atoms with Gasteiger partial charge in [-0.1, -0.05) is 44.7 Å². The second kappa shape index (κ2) is 9.21. The van der Waals surface area contributed by atoms with Gasteiger partial charge in [0.05, 0.1) is 6.10 Å². The standard InChI is InChI=1S/C23H35N3O2/c1-17(2)6-5-7-22(27)18(3)23(28)26-15-19-8-9-21(14-20(19)16-26)25-12-10-24(4)11-13-25/h5-6,8-9,17,21-22,27H,3,7,10-16H2,1-2,4H3. The highest BCUT2D eigenvalue weighted by atomic mass is 16.3. The number of piperazine rings is 1. The molecule has 5 nitrogen and oxygen atoms in total. The molecule has 154 valence electrons. The zero-order valence-corrected chi connectivity index (χ0v) is 17.6. The maximum atomic E-state index is 12.8. The number of rotatable bonds is 6. The third kappa shape index (κ3) is 5.02. The Balaban J connectivity index is 1.52. The molecule has 0 radical (unpaired) electrons. The minimum Gasteiger partial charge on any atom is -0.388 e. The molecule has 2 atom stereocenters. The van der Waals surface area contributed by atoms with Gasteiger partial charge in [-0.25, -0.2) is 0 Å². The van der Waals surface area contributed by atoms with Crippen molar-refractivity contribution >= 4 is 5.91 Å². The Kier molecular flexibility index (Phi) is 6.91. The summed E-state index contributed by atoms with van der Waals surface area (Å²) in [5, 5.41) is 10.3. The molecule has 2 heterocycles. The molecule has 1 saturated heterocycles. The average molecular weight is 386 g/mol. The largest absolute Gasteiger partial charge is 0.388 e. The molecule has 1 N–H and O–H groups in total. The van der Waals surface area contributed by atoms with Crippen LogP contribution in [0.4, 0.5) is 0 Å². The molecule has 0 aromatic rings. The van der Waals surface area contributed by atoms with Crippen molar-refractivity contribution < 1.29 is 9.90 Å². The van der Waals surface area contributed by atoms with Crippen LogP contribution < -0.4 is 0 Å². The van der Waals surface area contributed by atoms with Gasteiger partial charge in [0.2, 0.25) is 0 Å². The number of nitrogens with zero attached hydrogens (tertiary/aromatic N) is 3. The number of aliphatic hydroxyl groups excluding tert-OH is 1. The molecule has 0 saturated carbocycles. The molecule has 0 aromatic carbocycles. The summed E-state index contributed by atoms with van der Waals surface area (Å²) in [6, 6.07) is 0.442. The van der Waals surface area contributed by atoms with Gasteiger partial charge in [-0.3, -0.25) is 9.69 Å². The monoisotopic (exact) mass is 385 g/mol. The first-order chi connectivity index (χ1) is 13.3. The maximum Gasteiger partial charge on any atom is 0.252 e. The number of carbonyl (C=O) groups is 1. The summed E-state index contributed by atoms with van der Waals surface area (Å²) < 4.78 is 0. The van der Waals surface area contributed by atoms with E-state index >= 15 is 0 Å². The van der Waals surface area contributed by atoms with Crippen LogP contribution >= 0.6 is 0 Å². The van der Waals surface area contributed by atoms with Gasteiger partial charge in [0.15, 0.2) is 0 Å². The summed E-state index contributed by atoms with van der Waals surface area (Å²) in [5.74, 6) is 0.315. The molecule has 5 heteroatoms. The maximum absolute atomic E-state index is 12.8. The number of allylic oxidation sites excluding steroid dienone is 1. The van der Waals surface area contributed by atoms with E-state index in [2.05, 4.69) is 49.4 Å². The van der Waals surface area contributed by atoms with Gasteiger partial charge < -0.3 is 14.9 Å². The first-order valence-corrected chi connectivity index (χ1v) is 10.5. The molecule has 2 unspecified atom stereocenters. The zero-order valence-electron chi connectivity index (χ0n) is 17.6. The lowest BCUT2D eigenvalue weighted by atomic mass is 9.95. The summed E-state index contributed by atoms with van der Waals surface area (Å²) in [6.07, 6.45) is 9.12. The van der Waals surface area contributed by atoms with Crippen LogP contribution in [0.1, 0.15) is 26.7 Å². The first-order valence-electron chi connectivity index (χ1n) is 10.5. The van der Waals surface area contributed by atoms with E-state index in [9.17, 15) is 9.90 Å². The van der Waals surface area contributed by atoms with Crippen LogP contribution in [-0.2, 0) is 4.79 Å². The highest BCUT2D eigenvalue weighted by Crippen LogP contribution is 2.30. The summed E-state index contributed by atoms with van der Waals surface area (Å²) in [7, 11) is 2.18. The van der Waals surface area contributed by atoms with Crippen LogP contribution in [0.25, 0.3) is 0 Å². The van der Waals surface area contributed by atoms with Crippen LogP contribution in [0.5, 0.6) is 0 Å². The second-order valence-electron chi connectivity index (χ2n) is 8.71. The quantitative estimate of drug-likeness (QED) is 0.563. The fourth-order valence-corrected chi connectivity index (χ4v) is 4.13. The van der Waals surface area contributed by atoms with Crippen LogP contribution in [0.15, 0.2) is 47.6 Å². The third-order valence-electron chi connectivity index (χ3n) is 6.02. The van der Waals surface area contributed by atoms with Crippen molar-refractivity contribution in [2.75, 3.05) is 46.3 Å². The Morgan fingerprint density at radius 3 is 2.68 bits per heavy atom. The van der Waals surface area contributed by atoms with Crippen molar-refractivity contribution in [2.24, 2.45) is 5.92 Å². The van der Waals surface area contributed by atoms with Crippen LogP contribution in [0.3, 0.4) is 0 Å². The smallest absolute Gasteiger partial charge is 0.252 e. The molecule has 3 aliphatic rings. The molecular weight excluding hydrogens is 350 g/mol. The molecule has 3 rings (SSSR count). The van der Waals surface area contributed by atoms with Gasteiger partial charge in [-0.15, -0.1) is 0 Å². The Bertz CT molecular complexity index is 684. The SMILES string of the molecule is C=C(C(=O)N1CC2=C(CC(N3CCN(C)CC3)C=C2)C1)C(O)CC=CC(C)C. The van der Waals surface area contributed by atoms with Crippen LogP contribution in [0.2, 0.25) is 0 Å². The minimum atomic E-state index is -0.811. The van der Waals surface area contributed by atoms with Crippen molar-refractivity contribution in [3.8, 4) is 0 Å². The number of amides is 1. The molecule has 1 fully saturated rings. The predicted molar refractivity (Wildman–Crippen MR) is 114 cm³/mol. The van der Waals surface area contributed by atoms with Crippen molar-refractivity contribution in [3.63, 3.8) is 0 Å². The summed E-state index contributed by atoms with van der Waals surface area (Å²) in [4.78, 5) is 19.6. The van der Waals surface area contributed by atoms with Gasteiger partial charge in [0, 0.05) is 50.9 Å². The van der Waals surface area contributed by atoms with E-state index in [1.165, 1.54) is 11.1 Å². The van der Waals surface area contributed by atoms with Crippen molar-refractivity contribution in [1.82, 2.24) is 14.7 Å². The third-order valence-corrected chi connectivity index (χ3v) is 6.02. The number of likely N-dealkylation sites (N-methyl/N-ethyl adjacent to an activating group) is 1. The highest BCUT2D eigenvalue weighted by Gasteiger charge is 2.32. The lowest BCUT2D eigenvalue weighted by molar-refractivity contribution is -0.127. The predicted octanol–water partition coefficient (Wildman–Crippen LogP) is 2.22. The number of carbonyl (C=O) groups excluding carboxylic acids is 1. The van der Waals surface area contributed by atoms with Crippen molar-refractivity contribution in [1.29, 1.82) is 0 Å². The molecule has 2 aliphatic heterocycles. The average Bonchev–Trinajstić information content (AvgIpc) is 3.10. The van der Waals surface area contributed by atoms with E-state index in [0.29, 0.717) is 37.0 Å². The molecule has 0 spiro atoms. The first kappa shape index (κ1) is 21.0. The van der Waals surface area contributed by atoms with E-state index in [-0.39, 0.29) is 5.91 Å². The Morgan fingerprint density at radius 2 is 2.00 bits per heavy atom. The van der Waals surface area contributed by atoms with E-state index in [0.717, 1.165) is 32.6 Å². The highest BCUT2D eigenvalue weighted by molar-refractivity contribution is 5.94. The summed E-state index contributed by atoms with van der Waals surface area (Å²) in [6.45, 7) is 13.8. The fraction of sp³-hybridized carbons (Fsp3) is 0.609. The molecule has 0 bridgehead atoms. The molecule has 1 amide bonds. The number of hydrogen-bond acceptors (Lipinski definition) is 4. The van der Waals surface area contributed by atoms with Crippen LogP contribution in [-0.4, -0.2) is 84.2 Å². The summed E-state index contributed by atoms with van der Waals surface area (Å²) >= 11 is 0. The Labute approximate surface area is 169 Å².